The first kappa shape index (κ1) is 11.3. The maximum atomic E-state index is 13.0. The summed E-state index contributed by atoms with van der Waals surface area (Å²) in [5, 5.41) is 3.00. The molecule has 1 aliphatic heterocycles. The highest BCUT2D eigenvalue weighted by atomic mass is 32.2. The zero-order valence-corrected chi connectivity index (χ0v) is 9.43. The van der Waals surface area contributed by atoms with Gasteiger partial charge in [-0.3, -0.25) is 0 Å². The van der Waals surface area contributed by atoms with Crippen molar-refractivity contribution in [2.24, 2.45) is 5.73 Å². The average Bonchev–Trinajstić information content (AvgIpc) is 2.15. The van der Waals surface area contributed by atoms with Gasteiger partial charge in [0.1, 0.15) is 5.82 Å². The lowest BCUT2D eigenvalue weighted by molar-refractivity contribution is 0.578. The van der Waals surface area contributed by atoms with Crippen molar-refractivity contribution in [2.45, 2.75) is 17.4 Å². The van der Waals surface area contributed by atoms with Crippen molar-refractivity contribution in [3.8, 4) is 0 Å². The van der Waals surface area contributed by atoms with Crippen LogP contribution in [0.1, 0.15) is 6.42 Å². The Balaban J connectivity index is 2.44. The Morgan fingerprint density at radius 2 is 2.25 bits per heavy atom. The highest BCUT2D eigenvalue weighted by molar-refractivity contribution is 7.91. The summed E-state index contributed by atoms with van der Waals surface area (Å²) in [5.41, 5.74) is 5.73. The molecule has 2 rings (SSSR count). The highest BCUT2D eigenvalue weighted by Gasteiger charge is 2.29. The number of anilines is 1. The number of hydrogen-bond donors (Lipinski definition) is 2. The lowest BCUT2D eigenvalue weighted by Crippen LogP contribution is -2.35. The number of nitrogens with two attached hydrogens (primary N) is 1. The van der Waals surface area contributed by atoms with Crippen molar-refractivity contribution in [1.29, 1.82) is 0 Å². The predicted molar refractivity (Wildman–Crippen MR) is 59.5 cm³/mol. The second-order valence-corrected chi connectivity index (χ2v) is 5.84. The maximum absolute atomic E-state index is 13.0. The molecule has 0 amide bonds. The van der Waals surface area contributed by atoms with Gasteiger partial charge in [-0.1, -0.05) is 0 Å². The number of fused-ring (bicyclic) bond motifs is 1. The van der Waals surface area contributed by atoms with Crippen LogP contribution in [0.15, 0.2) is 23.1 Å². The molecule has 88 valence electrons. The molecular weight excluding hydrogens is 231 g/mol. The van der Waals surface area contributed by atoms with E-state index in [4.69, 9.17) is 5.73 Å². The molecule has 1 heterocycles. The monoisotopic (exact) mass is 244 g/mol. The predicted octanol–water partition coefficient (Wildman–Crippen LogP) is 0.742. The van der Waals surface area contributed by atoms with Crippen LogP contribution in [0.25, 0.3) is 0 Å². The second-order valence-electron chi connectivity index (χ2n) is 3.84. The molecule has 0 saturated heterocycles. The molecule has 0 aliphatic carbocycles. The molecule has 0 spiro atoms. The lowest BCUT2D eigenvalue weighted by atomic mass is 10.2. The third-order valence-corrected chi connectivity index (χ3v) is 4.44. The molecule has 0 aromatic heterocycles. The molecule has 6 heteroatoms. The number of hydrogen-bond acceptors (Lipinski definition) is 4. The van der Waals surface area contributed by atoms with Crippen molar-refractivity contribution in [3.63, 3.8) is 0 Å². The van der Waals surface area contributed by atoms with Crippen LogP contribution in [-0.2, 0) is 9.84 Å². The Kier molecular flexibility index (Phi) is 2.86. The summed E-state index contributed by atoms with van der Waals surface area (Å²) < 4.78 is 36.7. The van der Waals surface area contributed by atoms with Crippen molar-refractivity contribution >= 4 is 15.5 Å². The van der Waals surface area contributed by atoms with E-state index < -0.39 is 15.7 Å². The average molecular weight is 244 g/mol. The molecule has 1 atom stereocenters. The third-order valence-electron chi connectivity index (χ3n) is 2.57. The van der Waals surface area contributed by atoms with Crippen LogP contribution in [0.5, 0.6) is 0 Å². The van der Waals surface area contributed by atoms with Crippen LogP contribution in [0, 0.1) is 5.82 Å². The van der Waals surface area contributed by atoms with Crippen LogP contribution in [0.4, 0.5) is 10.1 Å². The van der Waals surface area contributed by atoms with E-state index in [-0.39, 0.29) is 16.7 Å². The number of nitrogens with one attached hydrogen (secondary N) is 1. The van der Waals surface area contributed by atoms with E-state index in [1.54, 1.807) is 0 Å². The van der Waals surface area contributed by atoms with Gasteiger partial charge >= 0.3 is 0 Å². The molecule has 0 fully saturated rings. The molecule has 1 aromatic carbocycles. The molecular formula is C10H13FN2O2S. The number of sulfone groups is 1. The lowest BCUT2D eigenvalue weighted by Gasteiger charge is -2.26. The van der Waals surface area contributed by atoms with Crippen LogP contribution in [-0.4, -0.2) is 26.8 Å². The molecule has 1 aliphatic rings. The largest absolute Gasteiger partial charge is 0.380 e. The van der Waals surface area contributed by atoms with E-state index >= 15 is 0 Å². The van der Waals surface area contributed by atoms with Gasteiger partial charge in [0.15, 0.2) is 9.84 Å². The van der Waals surface area contributed by atoms with Crippen molar-refractivity contribution < 1.29 is 12.8 Å². The molecule has 3 N–H and O–H groups in total. The summed E-state index contributed by atoms with van der Waals surface area (Å²) in [6, 6.07) is 3.42. The van der Waals surface area contributed by atoms with E-state index in [1.807, 2.05) is 0 Å². The zero-order chi connectivity index (χ0) is 11.8. The van der Waals surface area contributed by atoms with Crippen LogP contribution >= 0.6 is 0 Å². The van der Waals surface area contributed by atoms with E-state index in [9.17, 15) is 12.8 Å². The fourth-order valence-electron chi connectivity index (χ4n) is 1.86. The van der Waals surface area contributed by atoms with Gasteiger partial charge in [-0.15, -0.1) is 0 Å². The molecule has 0 radical (unpaired) electrons. The van der Waals surface area contributed by atoms with Gasteiger partial charge in [-0.25, -0.2) is 12.8 Å². The van der Waals surface area contributed by atoms with Crippen molar-refractivity contribution in [1.82, 2.24) is 0 Å². The van der Waals surface area contributed by atoms with Crippen LogP contribution in [0.2, 0.25) is 0 Å². The molecule has 0 bridgehead atoms. The highest BCUT2D eigenvalue weighted by Crippen LogP contribution is 2.29. The summed E-state index contributed by atoms with van der Waals surface area (Å²) in [6.45, 7) is 0.401. The molecule has 0 saturated carbocycles. The minimum atomic E-state index is -3.31. The molecule has 1 unspecified atom stereocenters. The Morgan fingerprint density at radius 3 is 2.94 bits per heavy atom. The standard InChI is InChI=1S/C10H13FN2O2S/c11-7-1-2-10-9(5-7)13-8(3-4-12)6-16(10,14)15/h1-2,5,8,13H,3-4,6,12H2. The summed E-state index contributed by atoms with van der Waals surface area (Å²) in [4.78, 5) is 0.169. The Labute approximate surface area is 93.6 Å². The molecule has 4 nitrogen and oxygen atoms in total. The molecule has 1 aromatic rings. The number of benzene rings is 1. The van der Waals surface area contributed by atoms with Gasteiger partial charge in [0, 0.05) is 6.04 Å². The van der Waals surface area contributed by atoms with Crippen molar-refractivity contribution in [3.05, 3.63) is 24.0 Å². The van der Waals surface area contributed by atoms with Gasteiger partial charge < -0.3 is 11.1 Å². The second kappa shape index (κ2) is 4.03. The number of halogens is 1. The SMILES string of the molecule is NCCC1CS(=O)(=O)c2ccc(F)cc2N1. The van der Waals surface area contributed by atoms with E-state index in [0.717, 1.165) is 6.07 Å². The zero-order valence-electron chi connectivity index (χ0n) is 8.61. The topological polar surface area (TPSA) is 72.2 Å². The smallest absolute Gasteiger partial charge is 0.182 e. The first-order chi connectivity index (χ1) is 7.53. The fraction of sp³-hybridized carbons (Fsp3) is 0.400. The van der Waals surface area contributed by atoms with Gasteiger partial charge in [0.05, 0.1) is 16.3 Å². The summed E-state index contributed by atoms with van der Waals surface area (Å²) in [7, 11) is -3.31. The van der Waals surface area contributed by atoms with Crippen LogP contribution < -0.4 is 11.1 Å². The third kappa shape index (κ3) is 2.03. The van der Waals surface area contributed by atoms with Gasteiger partial charge in [-0.2, -0.15) is 0 Å². The Morgan fingerprint density at radius 1 is 1.50 bits per heavy atom. The Hall–Kier alpha value is -1.14. The van der Waals surface area contributed by atoms with Crippen molar-refractivity contribution in [2.75, 3.05) is 17.6 Å². The first-order valence-electron chi connectivity index (χ1n) is 5.02. The fourth-order valence-corrected chi connectivity index (χ4v) is 3.55. The van der Waals surface area contributed by atoms with E-state index in [0.29, 0.717) is 18.7 Å². The Bertz CT molecular complexity index is 502. The van der Waals surface area contributed by atoms with Gasteiger partial charge in [-0.05, 0) is 31.2 Å². The minimum absolute atomic E-state index is 0.0167. The minimum Gasteiger partial charge on any atom is -0.380 e. The van der Waals surface area contributed by atoms with Crippen LogP contribution in [0.3, 0.4) is 0 Å². The van der Waals surface area contributed by atoms with Gasteiger partial charge in [0.25, 0.3) is 0 Å². The normalized spacial score (nSPS) is 22.2. The summed E-state index contributed by atoms with van der Waals surface area (Å²) >= 11 is 0. The quantitative estimate of drug-likeness (QED) is 0.753. The van der Waals surface area contributed by atoms with Gasteiger partial charge in [0.2, 0.25) is 0 Å². The summed E-state index contributed by atoms with van der Waals surface area (Å²) in [6.07, 6.45) is 0.551. The molecule has 16 heavy (non-hydrogen) atoms. The van der Waals surface area contributed by atoms with E-state index in [2.05, 4.69) is 5.32 Å². The number of rotatable bonds is 2. The maximum Gasteiger partial charge on any atom is 0.182 e. The first-order valence-corrected chi connectivity index (χ1v) is 6.67. The summed E-state index contributed by atoms with van der Waals surface area (Å²) in [5.74, 6) is -0.433. The van der Waals surface area contributed by atoms with E-state index in [1.165, 1.54) is 12.1 Å².